The lowest BCUT2D eigenvalue weighted by Crippen LogP contribution is -2.23. The zero-order valence-corrected chi connectivity index (χ0v) is 10.5. The van der Waals surface area contributed by atoms with E-state index in [9.17, 15) is 9.90 Å². The van der Waals surface area contributed by atoms with E-state index in [-0.39, 0.29) is 11.8 Å². The van der Waals surface area contributed by atoms with Crippen molar-refractivity contribution in [3.05, 3.63) is 34.9 Å². The summed E-state index contributed by atoms with van der Waals surface area (Å²) in [5.41, 5.74) is 0.883. The number of rotatable bonds is 3. The zero-order chi connectivity index (χ0) is 12.3. The summed E-state index contributed by atoms with van der Waals surface area (Å²) in [7, 11) is 0. The minimum Gasteiger partial charge on any atom is -0.481 e. The summed E-state index contributed by atoms with van der Waals surface area (Å²) < 4.78 is 0. The largest absolute Gasteiger partial charge is 0.481 e. The summed E-state index contributed by atoms with van der Waals surface area (Å²) in [6.45, 7) is 0. The summed E-state index contributed by atoms with van der Waals surface area (Å²) in [5, 5.41) is 10.1. The van der Waals surface area contributed by atoms with Crippen LogP contribution in [0.25, 0.3) is 0 Å². The van der Waals surface area contributed by atoms with Gasteiger partial charge in [-0.15, -0.1) is 0 Å². The maximum absolute atomic E-state index is 11.5. The molecule has 1 fully saturated rings. The molecule has 2 rings (SSSR count). The van der Waals surface area contributed by atoms with Crippen molar-refractivity contribution in [1.82, 2.24) is 0 Å². The second-order valence-electron chi connectivity index (χ2n) is 4.77. The highest BCUT2D eigenvalue weighted by Crippen LogP contribution is 2.36. The minimum atomic E-state index is -0.709. The van der Waals surface area contributed by atoms with E-state index < -0.39 is 5.97 Å². The van der Waals surface area contributed by atoms with Crippen molar-refractivity contribution in [2.45, 2.75) is 38.0 Å². The van der Waals surface area contributed by atoms with Crippen molar-refractivity contribution in [3.8, 4) is 0 Å². The molecule has 1 saturated carbocycles. The van der Waals surface area contributed by atoms with Gasteiger partial charge in [0.15, 0.2) is 0 Å². The highest BCUT2D eigenvalue weighted by Gasteiger charge is 2.30. The predicted octanol–water partition coefficient (Wildman–Crippen LogP) is 4.09. The molecule has 1 N–H and O–H groups in total. The fourth-order valence-corrected chi connectivity index (χ4v) is 2.88. The van der Waals surface area contributed by atoms with Crippen LogP contribution in [0.15, 0.2) is 24.3 Å². The van der Waals surface area contributed by atoms with Crippen LogP contribution in [-0.2, 0) is 4.79 Å². The van der Waals surface area contributed by atoms with E-state index in [0.717, 1.165) is 31.2 Å². The molecule has 0 heterocycles. The highest BCUT2D eigenvalue weighted by molar-refractivity contribution is 6.30. The fraction of sp³-hybridized carbons (Fsp3) is 0.500. The number of hydrogen-bond acceptors (Lipinski definition) is 1. The molecule has 0 spiro atoms. The van der Waals surface area contributed by atoms with Crippen LogP contribution in [0, 0.1) is 5.92 Å². The fourth-order valence-electron chi connectivity index (χ4n) is 2.75. The monoisotopic (exact) mass is 252 g/mol. The quantitative estimate of drug-likeness (QED) is 0.880. The number of benzene rings is 1. The SMILES string of the molecule is O=C(O)C(c1ccc(Cl)cc1)C1CCCCC1. The molecule has 0 saturated heterocycles. The second kappa shape index (κ2) is 5.54. The van der Waals surface area contributed by atoms with Crippen LogP contribution in [0.4, 0.5) is 0 Å². The number of carboxylic acid groups (broad SMARTS) is 1. The first-order chi connectivity index (χ1) is 8.18. The number of hydrogen-bond donors (Lipinski definition) is 1. The summed E-state index contributed by atoms with van der Waals surface area (Å²) in [6.07, 6.45) is 5.60. The Morgan fingerprint density at radius 1 is 1.18 bits per heavy atom. The van der Waals surface area contributed by atoms with Crippen LogP contribution in [0.3, 0.4) is 0 Å². The number of halogens is 1. The smallest absolute Gasteiger partial charge is 0.311 e. The van der Waals surface area contributed by atoms with Crippen LogP contribution >= 0.6 is 11.6 Å². The Balaban J connectivity index is 2.21. The Bertz CT molecular complexity index is 380. The van der Waals surface area contributed by atoms with E-state index >= 15 is 0 Å². The van der Waals surface area contributed by atoms with E-state index in [1.165, 1.54) is 6.42 Å². The van der Waals surface area contributed by atoms with Gasteiger partial charge in [-0.25, -0.2) is 0 Å². The molecule has 1 aromatic carbocycles. The average molecular weight is 253 g/mol. The van der Waals surface area contributed by atoms with Gasteiger partial charge in [0.2, 0.25) is 0 Å². The molecule has 2 nitrogen and oxygen atoms in total. The standard InChI is InChI=1S/C14H17ClO2/c15-12-8-6-11(7-9-12)13(14(16)17)10-4-2-1-3-5-10/h6-10,13H,1-5H2,(H,16,17). The maximum Gasteiger partial charge on any atom is 0.311 e. The van der Waals surface area contributed by atoms with Crippen LogP contribution in [0.5, 0.6) is 0 Å². The lowest BCUT2D eigenvalue weighted by Gasteiger charge is -2.27. The van der Waals surface area contributed by atoms with Gasteiger partial charge in [0, 0.05) is 5.02 Å². The minimum absolute atomic E-state index is 0.280. The first-order valence-electron chi connectivity index (χ1n) is 6.17. The predicted molar refractivity (Wildman–Crippen MR) is 68.4 cm³/mol. The summed E-state index contributed by atoms with van der Waals surface area (Å²) in [4.78, 5) is 11.5. The number of carbonyl (C=O) groups is 1. The summed E-state index contributed by atoms with van der Waals surface area (Å²) in [6, 6.07) is 7.23. The van der Waals surface area contributed by atoms with E-state index in [2.05, 4.69) is 0 Å². The van der Waals surface area contributed by atoms with Gasteiger partial charge < -0.3 is 5.11 Å². The molecule has 92 valence electrons. The highest BCUT2D eigenvalue weighted by atomic mass is 35.5. The maximum atomic E-state index is 11.5. The molecule has 0 radical (unpaired) electrons. The first kappa shape index (κ1) is 12.4. The molecular formula is C14H17ClO2. The Labute approximate surface area is 107 Å². The van der Waals surface area contributed by atoms with Gasteiger partial charge in [-0.05, 0) is 36.5 Å². The molecule has 0 aromatic heterocycles. The molecule has 1 aromatic rings. The van der Waals surface area contributed by atoms with E-state index in [1.54, 1.807) is 12.1 Å². The average Bonchev–Trinajstić information content (AvgIpc) is 2.33. The van der Waals surface area contributed by atoms with Gasteiger partial charge in [-0.2, -0.15) is 0 Å². The van der Waals surface area contributed by atoms with Crippen molar-refractivity contribution in [2.75, 3.05) is 0 Å². The topological polar surface area (TPSA) is 37.3 Å². The van der Waals surface area contributed by atoms with Gasteiger partial charge in [-0.3, -0.25) is 4.79 Å². The van der Waals surface area contributed by atoms with E-state index in [0.29, 0.717) is 5.02 Å². The third-order valence-corrected chi connectivity index (χ3v) is 3.87. The molecular weight excluding hydrogens is 236 g/mol. The van der Waals surface area contributed by atoms with E-state index in [1.807, 2.05) is 12.1 Å². The van der Waals surface area contributed by atoms with Gasteiger partial charge in [0.1, 0.15) is 0 Å². The normalized spacial score (nSPS) is 18.9. The van der Waals surface area contributed by atoms with Gasteiger partial charge in [0.25, 0.3) is 0 Å². The summed E-state index contributed by atoms with van der Waals surface area (Å²) >= 11 is 5.83. The van der Waals surface area contributed by atoms with E-state index in [4.69, 9.17) is 11.6 Å². The molecule has 1 unspecified atom stereocenters. The Morgan fingerprint density at radius 3 is 2.29 bits per heavy atom. The van der Waals surface area contributed by atoms with Gasteiger partial charge >= 0.3 is 5.97 Å². The first-order valence-corrected chi connectivity index (χ1v) is 6.54. The van der Waals surface area contributed by atoms with Crippen LogP contribution in [0.2, 0.25) is 5.02 Å². The third-order valence-electron chi connectivity index (χ3n) is 3.62. The lowest BCUT2D eigenvalue weighted by molar-refractivity contribution is -0.140. The van der Waals surface area contributed by atoms with Crippen molar-refractivity contribution >= 4 is 17.6 Å². The molecule has 17 heavy (non-hydrogen) atoms. The molecule has 0 amide bonds. The van der Waals surface area contributed by atoms with Crippen LogP contribution in [0.1, 0.15) is 43.6 Å². The number of carboxylic acids is 1. The Morgan fingerprint density at radius 2 is 1.76 bits per heavy atom. The molecule has 1 aliphatic rings. The van der Waals surface area contributed by atoms with Gasteiger partial charge in [0.05, 0.1) is 5.92 Å². The zero-order valence-electron chi connectivity index (χ0n) is 9.73. The Hall–Kier alpha value is -1.02. The third kappa shape index (κ3) is 3.01. The molecule has 0 aliphatic heterocycles. The van der Waals surface area contributed by atoms with Crippen LogP contribution in [-0.4, -0.2) is 11.1 Å². The molecule has 1 aliphatic carbocycles. The van der Waals surface area contributed by atoms with Crippen molar-refractivity contribution in [2.24, 2.45) is 5.92 Å². The Kier molecular flexibility index (Phi) is 4.06. The van der Waals surface area contributed by atoms with Crippen molar-refractivity contribution < 1.29 is 9.90 Å². The molecule has 0 bridgehead atoms. The number of aliphatic carboxylic acids is 1. The van der Waals surface area contributed by atoms with Crippen molar-refractivity contribution in [3.63, 3.8) is 0 Å². The van der Waals surface area contributed by atoms with Crippen molar-refractivity contribution in [1.29, 1.82) is 0 Å². The van der Waals surface area contributed by atoms with Crippen LogP contribution < -0.4 is 0 Å². The molecule has 1 atom stereocenters. The molecule has 3 heteroatoms. The second-order valence-corrected chi connectivity index (χ2v) is 5.20. The van der Waals surface area contributed by atoms with Gasteiger partial charge in [-0.1, -0.05) is 43.0 Å². The lowest BCUT2D eigenvalue weighted by atomic mass is 9.77. The summed E-state index contributed by atoms with van der Waals surface area (Å²) in [5.74, 6) is -0.797.